The number of para-hydroxylation sites is 1. The van der Waals surface area contributed by atoms with Gasteiger partial charge in [-0.3, -0.25) is 9.67 Å². The molecule has 0 saturated heterocycles. The van der Waals surface area contributed by atoms with Crippen LogP contribution >= 0.6 is 0 Å². The van der Waals surface area contributed by atoms with Gasteiger partial charge in [-0.2, -0.15) is 5.10 Å². The van der Waals surface area contributed by atoms with Crippen LogP contribution in [0.2, 0.25) is 0 Å². The van der Waals surface area contributed by atoms with E-state index in [4.69, 9.17) is 10.5 Å². The maximum absolute atomic E-state index is 5.81. The molecule has 0 atom stereocenters. The Bertz CT molecular complexity index is 702. The first-order chi connectivity index (χ1) is 9.83. The number of nitrogens with two attached hydrogens (primary N) is 1. The standard InChI is InChI=1S/C15H16N4O/c16-14-7-10-19(18-14)9-3-11-20-13-6-1-4-12-5-2-8-17-15(12)13/h1-2,4-8,10H,3,9,11H2,(H2,16,18). The number of hydrogen-bond donors (Lipinski definition) is 1. The Kier molecular flexibility index (Phi) is 3.50. The van der Waals surface area contributed by atoms with E-state index in [0.29, 0.717) is 12.4 Å². The van der Waals surface area contributed by atoms with Gasteiger partial charge in [0.1, 0.15) is 17.1 Å². The van der Waals surface area contributed by atoms with Gasteiger partial charge in [0.25, 0.3) is 0 Å². The Morgan fingerprint density at radius 3 is 2.90 bits per heavy atom. The van der Waals surface area contributed by atoms with E-state index in [-0.39, 0.29) is 0 Å². The number of ether oxygens (including phenoxy) is 1. The van der Waals surface area contributed by atoms with Crippen molar-refractivity contribution in [2.75, 3.05) is 12.3 Å². The Hall–Kier alpha value is -2.56. The van der Waals surface area contributed by atoms with Gasteiger partial charge in [-0.1, -0.05) is 18.2 Å². The van der Waals surface area contributed by atoms with Gasteiger partial charge in [-0.05, 0) is 18.2 Å². The van der Waals surface area contributed by atoms with E-state index in [1.807, 2.05) is 41.2 Å². The highest BCUT2D eigenvalue weighted by Gasteiger charge is 2.02. The van der Waals surface area contributed by atoms with Gasteiger partial charge in [0.15, 0.2) is 0 Å². The first kappa shape index (κ1) is 12.5. The van der Waals surface area contributed by atoms with Gasteiger partial charge in [0.05, 0.1) is 6.61 Å². The van der Waals surface area contributed by atoms with Crippen molar-refractivity contribution >= 4 is 16.7 Å². The summed E-state index contributed by atoms with van der Waals surface area (Å²) in [4.78, 5) is 4.36. The van der Waals surface area contributed by atoms with Gasteiger partial charge in [-0.25, -0.2) is 0 Å². The molecule has 5 nitrogen and oxygen atoms in total. The SMILES string of the molecule is Nc1ccn(CCCOc2cccc3cccnc23)n1. The van der Waals surface area contributed by atoms with Crippen molar-refractivity contribution in [2.45, 2.75) is 13.0 Å². The van der Waals surface area contributed by atoms with Crippen LogP contribution in [0.25, 0.3) is 10.9 Å². The van der Waals surface area contributed by atoms with Crippen molar-refractivity contribution in [2.24, 2.45) is 0 Å². The largest absolute Gasteiger partial charge is 0.491 e. The summed E-state index contributed by atoms with van der Waals surface area (Å²) in [7, 11) is 0. The highest BCUT2D eigenvalue weighted by atomic mass is 16.5. The Balaban J connectivity index is 1.60. The molecule has 102 valence electrons. The zero-order valence-corrected chi connectivity index (χ0v) is 11.1. The molecule has 2 N–H and O–H groups in total. The van der Waals surface area contributed by atoms with E-state index < -0.39 is 0 Å². The lowest BCUT2D eigenvalue weighted by Crippen LogP contribution is -2.05. The zero-order valence-electron chi connectivity index (χ0n) is 11.1. The van der Waals surface area contributed by atoms with Gasteiger partial charge in [0, 0.05) is 30.7 Å². The molecule has 0 bridgehead atoms. The van der Waals surface area contributed by atoms with Crippen molar-refractivity contribution in [3.05, 3.63) is 48.8 Å². The first-order valence-corrected chi connectivity index (χ1v) is 6.58. The summed E-state index contributed by atoms with van der Waals surface area (Å²) in [5.74, 6) is 1.37. The molecule has 0 aliphatic carbocycles. The molecule has 0 fully saturated rings. The fraction of sp³-hybridized carbons (Fsp3) is 0.200. The molecular formula is C15H16N4O. The molecular weight excluding hydrogens is 252 g/mol. The topological polar surface area (TPSA) is 66.0 Å². The van der Waals surface area contributed by atoms with Crippen LogP contribution in [0.4, 0.5) is 5.82 Å². The highest BCUT2D eigenvalue weighted by Crippen LogP contribution is 2.22. The fourth-order valence-corrected chi connectivity index (χ4v) is 2.10. The van der Waals surface area contributed by atoms with Crippen molar-refractivity contribution in [1.29, 1.82) is 0 Å². The highest BCUT2D eigenvalue weighted by molar-refractivity contribution is 5.84. The average molecular weight is 268 g/mol. The smallest absolute Gasteiger partial charge is 0.145 e. The molecule has 0 saturated carbocycles. The van der Waals surface area contributed by atoms with Crippen LogP contribution in [0.15, 0.2) is 48.8 Å². The van der Waals surface area contributed by atoms with Crippen LogP contribution in [0, 0.1) is 0 Å². The van der Waals surface area contributed by atoms with Crippen LogP contribution in [-0.2, 0) is 6.54 Å². The van der Waals surface area contributed by atoms with E-state index in [1.54, 1.807) is 12.3 Å². The normalized spacial score (nSPS) is 10.8. The van der Waals surface area contributed by atoms with Crippen LogP contribution in [0.1, 0.15) is 6.42 Å². The lowest BCUT2D eigenvalue weighted by Gasteiger charge is -2.08. The number of rotatable bonds is 5. The van der Waals surface area contributed by atoms with Gasteiger partial charge >= 0.3 is 0 Å². The second-order valence-electron chi connectivity index (χ2n) is 4.54. The molecule has 20 heavy (non-hydrogen) atoms. The minimum Gasteiger partial charge on any atom is -0.491 e. The van der Waals surface area contributed by atoms with Crippen molar-refractivity contribution in [3.8, 4) is 5.75 Å². The van der Waals surface area contributed by atoms with Crippen molar-refractivity contribution < 1.29 is 4.74 Å². The summed E-state index contributed by atoms with van der Waals surface area (Å²) in [6, 6.07) is 11.7. The van der Waals surface area contributed by atoms with Gasteiger partial charge in [0.2, 0.25) is 0 Å². The number of nitrogen functional groups attached to an aromatic ring is 1. The van der Waals surface area contributed by atoms with Crippen molar-refractivity contribution in [1.82, 2.24) is 14.8 Å². The molecule has 0 aliphatic heterocycles. The molecule has 5 heteroatoms. The van der Waals surface area contributed by atoms with E-state index in [9.17, 15) is 0 Å². The summed E-state index contributed by atoms with van der Waals surface area (Å²) in [5.41, 5.74) is 6.47. The monoisotopic (exact) mass is 268 g/mol. The summed E-state index contributed by atoms with van der Waals surface area (Å²) in [6.07, 6.45) is 4.51. The molecule has 1 aromatic carbocycles. The summed E-state index contributed by atoms with van der Waals surface area (Å²) < 4.78 is 7.63. The molecule has 3 aromatic rings. The maximum atomic E-state index is 5.81. The predicted octanol–water partition coefficient (Wildman–Crippen LogP) is 2.48. The number of pyridine rings is 1. The van der Waals surface area contributed by atoms with Crippen LogP contribution < -0.4 is 10.5 Å². The molecule has 2 heterocycles. The lowest BCUT2D eigenvalue weighted by atomic mass is 10.2. The van der Waals surface area contributed by atoms with Crippen LogP contribution in [-0.4, -0.2) is 21.4 Å². The van der Waals surface area contributed by atoms with E-state index >= 15 is 0 Å². The number of fused-ring (bicyclic) bond motifs is 1. The number of aromatic nitrogens is 3. The zero-order chi connectivity index (χ0) is 13.8. The molecule has 0 amide bonds. The average Bonchev–Trinajstić information content (AvgIpc) is 2.89. The fourth-order valence-electron chi connectivity index (χ4n) is 2.10. The number of anilines is 1. The van der Waals surface area contributed by atoms with E-state index in [0.717, 1.165) is 29.6 Å². The number of nitrogens with zero attached hydrogens (tertiary/aromatic N) is 3. The third kappa shape index (κ3) is 2.71. The minimum absolute atomic E-state index is 0.546. The Labute approximate surface area is 117 Å². The van der Waals surface area contributed by atoms with E-state index in [1.165, 1.54) is 0 Å². The molecule has 0 aliphatic rings. The summed E-state index contributed by atoms with van der Waals surface area (Å²) in [6.45, 7) is 1.41. The first-order valence-electron chi connectivity index (χ1n) is 6.58. The maximum Gasteiger partial charge on any atom is 0.145 e. The lowest BCUT2D eigenvalue weighted by molar-refractivity contribution is 0.301. The third-order valence-corrected chi connectivity index (χ3v) is 3.05. The van der Waals surface area contributed by atoms with Crippen LogP contribution in [0.5, 0.6) is 5.75 Å². The number of aryl methyl sites for hydroxylation is 1. The molecule has 0 radical (unpaired) electrons. The van der Waals surface area contributed by atoms with Gasteiger partial charge < -0.3 is 10.5 Å². The van der Waals surface area contributed by atoms with Gasteiger partial charge in [-0.15, -0.1) is 0 Å². The van der Waals surface area contributed by atoms with Crippen molar-refractivity contribution in [3.63, 3.8) is 0 Å². The molecule has 0 spiro atoms. The predicted molar refractivity (Wildman–Crippen MR) is 78.5 cm³/mol. The minimum atomic E-state index is 0.546. The molecule has 0 unspecified atom stereocenters. The summed E-state index contributed by atoms with van der Waals surface area (Å²) in [5, 5.41) is 5.22. The molecule has 3 rings (SSSR count). The van der Waals surface area contributed by atoms with E-state index in [2.05, 4.69) is 10.1 Å². The number of hydrogen-bond acceptors (Lipinski definition) is 4. The second kappa shape index (κ2) is 5.61. The van der Waals surface area contributed by atoms with Crippen LogP contribution in [0.3, 0.4) is 0 Å². The summed E-state index contributed by atoms with van der Waals surface area (Å²) >= 11 is 0. The Morgan fingerprint density at radius 2 is 2.05 bits per heavy atom. The quantitative estimate of drug-likeness (QED) is 0.722. The third-order valence-electron chi connectivity index (χ3n) is 3.05. The second-order valence-corrected chi connectivity index (χ2v) is 4.54. The Morgan fingerprint density at radius 1 is 1.15 bits per heavy atom. The number of benzene rings is 1. The molecule has 2 aromatic heterocycles.